The Labute approximate surface area is 128 Å². The van der Waals surface area contributed by atoms with Gasteiger partial charge >= 0.3 is 0 Å². The van der Waals surface area contributed by atoms with Crippen molar-refractivity contribution in [2.75, 3.05) is 32.0 Å². The lowest BCUT2D eigenvalue weighted by Gasteiger charge is -2.20. The van der Waals surface area contributed by atoms with E-state index in [2.05, 4.69) is 32.6 Å². The summed E-state index contributed by atoms with van der Waals surface area (Å²) in [5, 5.41) is 10.3. The van der Waals surface area contributed by atoms with Crippen molar-refractivity contribution in [3.63, 3.8) is 0 Å². The molecular formula is C17H30N2O2. The Kier molecular flexibility index (Phi) is 7.54. The van der Waals surface area contributed by atoms with E-state index in [-0.39, 0.29) is 0 Å². The molecule has 0 aliphatic heterocycles. The zero-order valence-electron chi connectivity index (χ0n) is 13.8. The Hall–Kier alpha value is -1.26. The molecule has 0 saturated heterocycles. The van der Waals surface area contributed by atoms with Gasteiger partial charge in [-0.05, 0) is 43.1 Å². The fraction of sp³-hybridized carbons (Fsp3) is 0.647. The summed E-state index contributed by atoms with van der Waals surface area (Å²) in [6.45, 7) is 12.0. The summed E-state index contributed by atoms with van der Waals surface area (Å²) in [4.78, 5) is 2.30. The highest BCUT2D eigenvalue weighted by molar-refractivity contribution is 5.54. The molecule has 1 aromatic rings. The Bertz CT molecular complexity index is 417. The lowest BCUT2D eigenvalue weighted by atomic mass is 10.1. The van der Waals surface area contributed by atoms with Crippen molar-refractivity contribution in [2.24, 2.45) is 5.92 Å². The number of rotatable bonds is 9. The lowest BCUT2D eigenvalue weighted by molar-refractivity contribution is 0.145. The van der Waals surface area contributed by atoms with Crippen LogP contribution in [-0.2, 0) is 0 Å². The molecule has 1 atom stereocenters. The fourth-order valence-electron chi connectivity index (χ4n) is 2.17. The number of nitrogen functional groups attached to an aromatic ring is 1. The van der Waals surface area contributed by atoms with Gasteiger partial charge in [-0.3, -0.25) is 0 Å². The molecule has 21 heavy (non-hydrogen) atoms. The minimum Gasteiger partial charge on any atom is -0.491 e. The molecule has 0 radical (unpaired) electrons. The van der Waals surface area contributed by atoms with Crippen LogP contribution >= 0.6 is 0 Å². The Morgan fingerprint density at radius 2 is 1.90 bits per heavy atom. The predicted octanol–water partition coefficient (Wildman–Crippen LogP) is 3.07. The van der Waals surface area contributed by atoms with Crippen LogP contribution in [0.4, 0.5) is 5.69 Å². The zero-order valence-corrected chi connectivity index (χ0v) is 13.8. The predicted molar refractivity (Wildman–Crippen MR) is 88.6 cm³/mol. The number of hydrogen-bond acceptors (Lipinski definition) is 4. The third kappa shape index (κ3) is 5.94. The van der Waals surface area contributed by atoms with Gasteiger partial charge in [-0.1, -0.05) is 33.8 Å². The first-order valence-corrected chi connectivity index (χ1v) is 7.90. The van der Waals surface area contributed by atoms with Gasteiger partial charge in [0.15, 0.2) is 0 Å². The second-order valence-corrected chi connectivity index (χ2v) is 5.83. The van der Waals surface area contributed by atoms with E-state index >= 15 is 0 Å². The van der Waals surface area contributed by atoms with Crippen LogP contribution in [0.15, 0.2) is 18.2 Å². The monoisotopic (exact) mass is 294 g/mol. The topological polar surface area (TPSA) is 58.7 Å². The number of aliphatic hydroxyl groups is 1. The molecule has 0 aromatic heterocycles. The molecule has 4 nitrogen and oxygen atoms in total. The quantitative estimate of drug-likeness (QED) is 0.687. The van der Waals surface area contributed by atoms with Gasteiger partial charge < -0.3 is 20.5 Å². The fourth-order valence-corrected chi connectivity index (χ4v) is 2.17. The van der Waals surface area contributed by atoms with Crippen molar-refractivity contribution >= 4 is 5.69 Å². The smallest absolute Gasteiger partial charge is 0.142 e. The van der Waals surface area contributed by atoms with Crippen LogP contribution in [0.3, 0.4) is 0 Å². The minimum atomic E-state index is -0.480. The second kappa shape index (κ2) is 8.90. The van der Waals surface area contributed by atoms with E-state index < -0.39 is 6.10 Å². The Morgan fingerprint density at radius 1 is 1.24 bits per heavy atom. The Morgan fingerprint density at radius 3 is 2.43 bits per heavy atom. The third-order valence-electron chi connectivity index (χ3n) is 3.60. The first-order valence-electron chi connectivity index (χ1n) is 7.90. The molecular weight excluding hydrogens is 264 g/mol. The molecule has 0 fully saturated rings. The molecule has 0 heterocycles. The summed E-state index contributed by atoms with van der Waals surface area (Å²) in [6.07, 6.45) is 0.236. The molecule has 0 aliphatic rings. The van der Waals surface area contributed by atoms with Crippen LogP contribution < -0.4 is 10.5 Å². The maximum Gasteiger partial charge on any atom is 0.142 e. The average Bonchev–Trinajstić information content (AvgIpc) is 2.46. The van der Waals surface area contributed by atoms with Crippen LogP contribution in [0.1, 0.15) is 45.8 Å². The van der Waals surface area contributed by atoms with Gasteiger partial charge in [-0.2, -0.15) is 0 Å². The van der Waals surface area contributed by atoms with Gasteiger partial charge in [-0.25, -0.2) is 0 Å². The summed E-state index contributed by atoms with van der Waals surface area (Å²) < 4.78 is 5.65. The molecule has 1 unspecified atom stereocenters. The van der Waals surface area contributed by atoms with E-state index in [0.717, 1.165) is 25.2 Å². The minimum absolute atomic E-state index is 0.462. The molecule has 1 rings (SSSR count). The molecule has 1 aromatic carbocycles. The SMILES string of the molecule is CCN(CC)CCC(O)c1ccc(OCC(C)C)c(N)c1. The van der Waals surface area contributed by atoms with Crippen LogP contribution in [0, 0.1) is 5.92 Å². The lowest BCUT2D eigenvalue weighted by Crippen LogP contribution is -2.25. The molecule has 0 spiro atoms. The molecule has 0 saturated carbocycles. The summed E-state index contributed by atoms with van der Waals surface area (Å²) in [5.74, 6) is 1.16. The van der Waals surface area contributed by atoms with Crippen LogP contribution in [-0.4, -0.2) is 36.2 Å². The largest absolute Gasteiger partial charge is 0.491 e. The van der Waals surface area contributed by atoms with Gasteiger partial charge in [0, 0.05) is 6.54 Å². The van der Waals surface area contributed by atoms with Crippen LogP contribution in [0.2, 0.25) is 0 Å². The number of anilines is 1. The number of aliphatic hydroxyl groups excluding tert-OH is 1. The summed E-state index contributed by atoms with van der Waals surface area (Å²) >= 11 is 0. The third-order valence-corrected chi connectivity index (χ3v) is 3.60. The van der Waals surface area contributed by atoms with Crippen molar-refractivity contribution < 1.29 is 9.84 Å². The number of hydrogen-bond donors (Lipinski definition) is 2. The number of benzene rings is 1. The first kappa shape index (κ1) is 17.8. The second-order valence-electron chi connectivity index (χ2n) is 5.83. The van der Waals surface area contributed by atoms with Crippen molar-refractivity contribution in [1.82, 2.24) is 4.90 Å². The van der Waals surface area contributed by atoms with Crippen molar-refractivity contribution in [1.29, 1.82) is 0 Å². The molecule has 0 bridgehead atoms. The maximum absolute atomic E-state index is 10.3. The van der Waals surface area contributed by atoms with E-state index in [4.69, 9.17) is 10.5 Å². The number of ether oxygens (including phenoxy) is 1. The van der Waals surface area contributed by atoms with E-state index in [1.54, 1.807) is 0 Å². The van der Waals surface area contributed by atoms with Crippen LogP contribution in [0.25, 0.3) is 0 Å². The van der Waals surface area contributed by atoms with Crippen molar-refractivity contribution in [3.05, 3.63) is 23.8 Å². The van der Waals surface area contributed by atoms with Crippen molar-refractivity contribution in [3.8, 4) is 5.75 Å². The molecule has 0 amide bonds. The van der Waals surface area contributed by atoms with E-state index in [1.807, 2.05) is 18.2 Å². The van der Waals surface area contributed by atoms with Gasteiger partial charge in [0.05, 0.1) is 18.4 Å². The first-order chi connectivity index (χ1) is 9.97. The van der Waals surface area contributed by atoms with Crippen LogP contribution in [0.5, 0.6) is 5.75 Å². The van der Waals surface area contributed by atoms with Gasteiger partial charge in [-0.15, -0.1) is 0 Å². The van der Waals surface area contributed by atoms with Gasteiger partial charge in [0.2, 0.25) is 0 Å². The van der Waals surface area contributed by atoms with Gasteiger partial charge in [0.1, 0.15) is 5.75 Å². The standard InChI is InChI=1S/C17H30N2O2/c1-5-19(6-2)10-9-16(20)14-7-8-17(15(18)11-14)21-12-13(3)4/h7-8,11,13,16,20H,5-6,9-10,12,18H2,1-4H3. The van der Waals surface area contributed by atoms with E-state index in [1.165, 1.54) is 0 Å². The molecule has 120 valence electrons. The normalized spacial score (nSPS) is 12.9. The van der Waals surface area contributed by atoms with E-state index in [0.29, 0.717) is 30.4 Å². The maximum atomic E-state index is 10.3. The zero-order chi connectivity index (χ0) is 15.8. The molecule has 4 heteroatoms. The summed E-state index contributed by atoms with van der Waals surface area (Å²) in [6, 6.07) is 5.58. The van der Waals surface area contributed by atoms with E-state index in [9.17, 15) is 5.11 Å². The van der Waals surface area contributed by atoms with Crippen molar-refractivity contribution in [2.45, 2.75) is 40.2 Å². The highest BCUT2D eigenvalue weighted by atomic mass is 16.5. The Balaban J connectivity index is 2.61. The highest BCUT2D eigenvalue weighted by Crippen LogP contribution is 2.27. The highest BCUT2D eigenvalue weighted by Gasteiger charge is 2.12. The summed E-state index contributed by atoms with van der Waals surface area (Å²) in [7, 11) is 0. The molecule has 3 N–H and O–H groups in total. The van der Waals surface area contributed by atoms with Gasteiger partial charge in [0.25, 0.3) is 0 Å². The summed E-state index contributed by atoms with van der Waals surface area (Å²) in [5.41, 5.74) is 7.46. The number of nitrogens with two attached hydrogens (primary N) is 1. The average molecular weight is 294 g/mol. The number of nitrogens with zero attached hydrogens (tertiary/aromatic N) is 1. The molecule has 0 aliphatic carbocycles.